The van der Waals surface area contributed by atoms with Gasteiger partial charge in [-0.2, -0.15) is 0 Å². The molecule has 1 N–H and O–H groups in total. The van der Waals surface area contributed by atoms with Crippen LogP contribution in [0.3, 0.4) is 0 Å². The molecule has 0 spiro atoms. The zero-order chi connectivity index (χ0) is 12.1. The van der Waals surface area contributed by atoms with Gasteiger partial charge in [-0.05, 0) is 25.4 Å². The van der Waals surface area contributed by atoms with Gasteiger partial charge in [0.2, 0.25) is 0 Å². The molecule has 0 aromatic rings. The van der Waals surface area contributed by atoms with Gasteiger partial charge in [0.25, 0.3) is 0 Å². The quantitative estimate of drug-likeness (QED) is 0.393. The second kappa shape index (κ2) is 13.3. The molecule has 0 fully saturated rings. The van der Waals surface area contributed by atoms with Crippen molar-refractivity contribution in [1.82, 2.24) is 5.32 Å². The third-order valence-corrected chi connectivity index (χ3v) is 3.49. The summed E-state index contributed by atoms with van der Waals surface area (Å²) in [6, 6.07) is 0. The minimum absolute atomic E-state index is 0.607. The number of rotatable bonds is 12. The SMILES string of the molecule is CCCCCCCCCCNCC(C)CCl. The van der Waals surface area contributed by atoms with E-state index < -0.39 is 0 Å². The number of halogens is 1. The minimum atomic E-state index is 0.607. The topological polar surface area (TPSA) is 12.0 Å². The fraction of sp³-hybridized carbons (Fsp3) is 1.00. The Bertz CT molecular complexity index is 128. The largest absolute Gasteiger partial charge is 0.316 e. The number of hydrogen-bond donors (Lipinski definition) is 1. The first-order valence-corrected chi connectivity index (χ1v) is 7.61. The summed E-state index contributed by atoms with van der Waals surface area (Å²) in [6.07, 6.45) is 11.2. The van der Waals surface area contributed by atoms with Crippen molar-refractivity contribution in [3.8, 4) is 0 Å². The molecule has 0 radical (unpaired) electrons. The van der Waals surface area contributed by atoms with Crippen molar-refractivity contribution in [1.29, 1.82) is 0 Å². The molecule has 1 atom stereocenters. The Morgan fingerprint density at radius 3 is 2.06 bits per heavy atom. The highest BCUT2D eigenvalue weighted by atomic mass is 35.5. The number of unbranched alkanes of at least 4 members (excludes halogenated alkanes) is 7. The van der Waals surface area contributed by atoms with Gasteiger partial charge in [0, 0.05) is 5.88 Å². The van der Waals surface area contributed by atoms with Crippen LogP contribution in [0.15, 0.2) is 0 Å². The Hall–Kier alpha value is 0.250. The fourth-order valence-electron chi connectivity index (χ4n) is 1.79. The highest BCUT2D eigenvalue weighted by Gasteiger charge is 1.97. The summed E-state index contributed by atoms with van der Waals surface area (Å²) in [5.41, 5.74) is 0. The molecule has 2 heteroatoms. The van der Waals surface area contributed by atoms with Crippen LogP contribution in [0.1, 0.15) is 65.2 Å². The van der Waals surface area contributed by atoms with Crippen molar-refractivity contribution in [3.63, 3.8) is 0 Å². The highest BCUT2D eigenvalue weighted by molar-refractivity contribution is 6.18. The van der Waals surface area contributed by atoms with E-state index in [1.807, 2.05) is 0 Å². The molecular weight excluding hydrogens is 218 g/mol. The lowest BCUT2D eigenvalue weighted by molar-refractivity contribution is 0.521. The Morgan fingerprint density at radius 1 is 0.938 bits per heavy atom. The normalized spacial score (nSPS) is 12.9. The van der Waals surface area contributed by atoms with Gasteiger partial charge in [-0.3, -0.25) is 0 Å². The number of hydrogen-bond acceptors (Lipinski definition) is 1. The molecule has 0 amide bonds. The van der Waals surface area contributed by atoms with Crippen LogP contribution < -0.4 is 5.32 Å². The van der Waals surface area contributed by atoms with Crippen LogP contribution in [-0.4, -0.2) is 19.0 Å². The standard InChI is InChI=1S/C14H30ClN/c1-3-4-5-6-7-8-9-10-11-16-13-14(2)12-15/h14,16H,3-13H2,1-2H3. The lowest BCUT2D eigenvalue weighted by Crippen LogP contribution is -2.22. The van der Waals surface area contributed by atoms with Crippen LogP contribution in [-0.2, 0) is 0 Å². The average molecular weight is 248 g/mol. The molecule has 16 heavy (non-hydrogen) atoms. The van der Waals surface area contributed by atoms with Crippen molar-refractivity contribution in [2.45, 2.75) is 65.2 Å². The first-order valence-electron chi connectivity index (χ1n) is 7.08. The molecule has 0 heterocycles. The molecule has 98 valence electrons. The predicted molar refractivity (Wildman–Crippen MR) is 75.4 cm³/mol. The third-order valence-electron chi connectivity index (χ3n) is 2.96. The first kappa shape index (κ1) is 16.2. The molecular formula is C14H30ClN. The maximum atomic E-state index is 5.73. The van der Waals surface area contributed by atoms with Crippen molar-refractivity contribution < 1.29 is 0 Å². The van der Waals surface area contributed by atoms with E-state index >= 15 is 0 Å². The smallest absolute Gasteiger partial charge is 0.0261 e. The molecule has 1 nitrogen and oxygen atoms in total. The van der Waals surface area contributed by atoms with Gasteiger partial charge in [0.05, 0.1) is 0 Å². The Balaban J connectivity index is 2.93. The van der Waals surface area contributed by atoms with E-state index in [0.29, 0.717) is 5.92 Å². The van der Waals surface area contributed by atoms with Crippen molar-refractivity contribution in [3.05, 3.63) is 0 Å². The van der Waals surface area contributed by atoms with E-state index in [4.69, 9.17) is 11.6 Å². The fourth-order valence-corrected chi connectivity index (χ4v) is 1.90. The summed E-state index contributed by atoms with van der Waals surface area (Å²) in [5.74, 6) is 1.38. The molecule has 0 aliphatic rings. The van der Waals surface area contributed by atoms with Crippen LogP contribution in [0.2, 0.25) is 0 Å². The summed E-state index contributed by atoms with van der Waals surface area (Å²) in [5, 5.41) is 3.46. The summed E-state index contributed by atoms with van der Waals surface area (Å²) < 4.78 is 0. The molecule has 0 aliphatic heterocycles. The van der Waals surface area contributed by atoms with Gasteiger partial charge < -0.3 is 5.32 Å². The maximum Gasteiger partial charge on any atom is 0.0261 e. The summed E-state index contributed by atoms with van der Waals surface area (Å²) in [6.45, 7) is 6.69. The van der Waals surface area contributed by atoms with E-state index in [2.05, 4.69) is 19.2 Å². The van der Waals surface area contributed by atoms with Gasteiger partial charge in [-0.15, -0.1) is 11.6 Å². The zero-order valence-corrected chi connectivity index (χ0v) is 12.0. The second-order valence-corrected chi connectivity index (χ2v) is 5.25. The van der Waals surface area contributed by atoms with Crippen molar-refractivity contribution in [2.75, 3.05) is 19.0 Å². The number of nitrogens with one attached hydrogen (secondary N) is 1. The number of alkyl halides is 1. The van der Waals surface area contributed by atoms with E-state index in [-0.39, 0.29) is 0 Å². The maximum absolute atomic E-state index is 5.73. The lowest BCUT2D eigenvalue weighted by Gasteiger charge is -2.08. The Kier molecular flexibility index (Phi) is 13.5. The molecule has 0 saturated heterocycles. The van der Waals surface area contributed by atoms with Gasteiger partial charge in [0.1, 0.15) is 0 Å². The van der Waals surface area contributed by atoms with E-state index in [9.17, 15) is 0 Å². The van der Waals surface area contributed by atoms with E-state index in [1.54, 1.807) is 0 Å². The average Bonchev–Trinajstić information content (AvgIpc) is 2.31. The summed E-state index contributed by atoms with van der Waals surface area (Å²) >= 11 is 5.73. The van der Waals surface area contributed by atoms with E-state index in [0.717, 1.165) is 19.0 Å². The van der Waals surface area contributed by atoms with Crippen LogP contribution in [0, 0.1) is 5.92 Å². The van der Waals surface area contributed by atoms with Crippen molar-refractivity contribution in [2.24, 2.45) is 5.92 Å². The van der Waals surface area contributed by atoms with Gasteiger partial charge in [-0.1, -0.05) is 58.8 Å². The van der Waals surface area contributed by atoms with Crippen molar-refractivity contribution >= 4 is 11.6 Å². The van der Waals surface area contributed by atoms with E-state index in [1.165, 1.54) is 51.4 Å². The molecule has 0 aromatic carbocycles. The zero-order valence-electron chi connectivity index (χ0n) is 11.2. The molecule has 0 aliphatic carbocycles. The van der Waals surface area contributed by atoms with Gasteiger partial charge in [-0.25, -0.2) is 0 Å². The first-order chi connectivity index (χ1) is 7.81. The monoisotopic (exact) mass is 247 g/mol. The molecule has 0 bridgehead atoms. The third kappa shape index (κ3) is 12.3. The van der Waals surface area contributed by atoms with Crippen LogP contribution >= 0.6 is 11.6 Å². The Morgan fingerprint density at radius 2 is 1.50 bits per heavy atom. The molecule has 1 unspecified atom stereocenters. The highest BCUT2D eigenvalue weighted by Crippen LogP contribution is 2.07. The lowest BCUT2D eigenvalue weighted by atomic mass is 10.1. The van der Waals surface area contributed by atoms with Gasteiger partial charge >= 0.3 is 0 Å². The van der Waals surface area contributed by atoms with Crippen LogP contribution in [0.25, 0.3) is 0 Å². The van der Waals surface area contributed by atoms with Crippen LogP contribution in [0.4, 0.5) is 0 Å². The second-order valence-electron chi connectivity index (χ2n) is 4.94. The predicted octanol–water partition coefficient (Wildman–Crippen LogP) is 4.59. The minimum Gasteiger partial charge on any atom is -0.316 e. The summed E-state index contributed by atoms with van der Waals surface area (Å²) in [4.78, 5) is 0. The van der Waals surface area contributed by atoms with Gasteiger partial charge in [0.15, 0.2) is 0 Å². The summed E-state index contributed by atoms with van der Waals surface area (Å²) in [7, 11) is 0. The van der Waals surface area contributed by atoms with Crippen LogP contribution in [0.5, 0.6) is 0 Å². The molecule has 0 rings (SSSR count). The Labute approximate surface area is 107 Å². The molecule has 0 aromatic heterocycles. The molecule has 0 saturated carbocycles.